The Bertz CT molecular complexity index is 1140. The molecule has 0 unspecified atom stereocenters. The third-order valence-corrected chi connectivity index (χ3v) is 7.07. The number of nitrogens with one attached hydrogen (secondary N) is 1. The number of rotatable bonds is 7. The molecule has 2 aromatic carbocycles. The molecule has 5 nitrogen and oxygen atoms in total. The lowest BCUT2D eigenvalue weighted by molar-refractivity contribution is -0.113. The van der Waals surface area contributed by atoms with Gasteiger partial charge in [-0.1, -0.05) is 46.8 Å². The molecular formula is C20H16ClN3O2S3. The fourth-order valence-corrected chi connectivity index (χ4v) is 5.25. The predicted octanol–water partition coefficient (Wildman–Crippen LogP) is 6.20. The van der Waals surface area contributed by atoms with Crippen LogP contribution in [0.2, 0.25) is 5.02 Å². The molecule has 0 fully saturated rings. The smallest absolute Gasteiger partial charge is 0.236 e. The van der Waals surface area contributed by atoms with Gasteiger partial charge in [-0.2, -0.15) is 0 Å². The maximum absolute atomic E-state index is 12.3. The normalized spacial score (nSPS) is 11.0. The summed E-state index contributed by atoms with van der Waals surface area (Å²) < 4.78 is 7.33. The molecule has 0 spiro atoms. The van der Waals surface area contributed by atoms with Crippen LogP contribution in [-0.4, -0.2) is 28.2 Å². The average Bonchev–Trinajstić information content (AvgIpc) is 3.33. The number of hydrogen-bond acceptors (Lipinski definition) is 7. The van der Waals surface area contributed by atoms with Crippen molar-refractivity contribution in [3.63, 3.8) is 0 Å². The third kappa shape index (κ3) is 5.08. The standard InChI is InChI=1S/C20H16ClN3O2S3/c1-2-26-14-7-8-15-17(9-14)29-19(22-15)24-18(25)11-28-20-23-16(10-27-20)12-3-5-13(21)6-4-12/h3-10H,2,11H2,1H3,(H,22,24,25). The van der Waals surface area contributed by atoms with E-state index in [0.29, 0.717) is 16.8 Å². The van der Waals surface area contributed by atoms with E-state index < -0.39 is 0 Å². The zero-order chi connectivity index (χ0) is 20.2. The second-order valence-electron chi connectivity index (χ2n) is 5.92. The molecule has 4 aromatic rings. The van der Waals surface area contributed by atoms with E-state index in [0.717, 1.165) is 31.6 Å². The van der Waals surface area contributed by atoms with Crippen molar-refractivity contribution in [1.82, 2.24) is 9.97 Å². The van der Waals surface area contributed by atoms with Crippen LogP contribution < -0.4 is 10.1 Å². The SMILES string of the molecule is CCOc1ccc2nc(NC(=O)CSc3nc(-c4ccc(Cl)cc4)cs3)sc2c1. The number of thioether (sulfide) groups is 1. The number of aromatic nitrogens is 2. The maximum atomic E-state index is 12.3. The number of fused-ring (bicyclic) bond motifs is 1. The predicted molar refractivity (Wildman–Crippen MR) is 123 cm³/mol. The van der Waals surface area contributed by atoms with Crippen LogP contribution in [0.3, 0.4) is 0 Å². The molecular weight excluding hydrogens is 446 g/mol. The lowest BCUT2D eigenvalue weighted by atomic mass is 10.2. The van der Waals surface area contributed by atoms with Crippen molar-refractivity contribution in [3.8, 4) is 17.0 Å². The molecule has 4 rings (SSSR count). The van der Waals surface area contributed by atoms with Crippen LogP contribution in [0.15, 0.2) is 52.2 Å². The summed E-state index contributed by atoms with van der Waals surface area (Å²) in [5, 5.41) is 6.12. The number of amides is 1. The highest BCUT2D eigenvalue weighted by Crippen LogP contribution is 2.31. The molecule has 0 aliphatic carbocycles. The zero-order valence-electron chi connectivity index (χ0n) is 15.3. The molecule has 2 heterocycles. The molecule has 1 amide bonds. The zero-order valence-corrected chi connectivity index (χ0v) is 18.6. The number of halogens is 1. The minimum absolute atomic E-state index is 0.109. The van der Waals surface area contributed by atoms with E-state index >= 15 is 0 Å². The van der Waals surface area contributed by atoms with Gasteiger partial charge in [0.1, 0.15) is 5.75 Å². The number of carbonyl (C=O) groups excluding carboxylic acids is 1. The van der Waals surface area contributed by atoms with Crippen molar-refractivity contribution in [1.29, 1.82) is 0 Å². The first kappa shape index (κ1) is 20.2. The Morgan fingerprint density at radius 3 is 2.83 bits per heavy atom. The molecule has 1 N–H and O–H groups in total. The second-order valence-corrected chi connectivity index (χ2v) is 9.47. The first-order chi connectivity index (χ1) is 14.1. The van der Waals surface area contributed by atoms with Crippen molar-refractivity contribution in [2.75, 3.05) is 17.7 Å². The monoisotopic (exact) mass is 461 g/mol. The van der Waals surface area contributed by atoms with Crippen molar-refractivity contribution in [3.05, 3.63) is 52.9 Å². The number of nitrogens with zero attached hydrogens (tertiary/aromatic N) is 2. The van der Waals surface area contributed by atoms with Gasteiger partial charge in [0.25, 0.3) is 0 Å². The van der Waals surface area contributed by atoms with Crippen molar-refractivity contribution in [2.45, 2.75) is 11.3 Å². The summed E-state index contributed by atoms with van der Waals surface area (Å²) in [6.45, 7) is 2.56. The van der Waals surface area contributed by atoms with E-state index in [1.54, 1.807) is 0 Å². The van der Waals surface area contributed by atoms with Gasteiger partial charge in [-0.3, -0.25) is 4.79 Å². The van der Waals surface area contributed by atoms with Crippen molar-refractivity contribution in [2.24, 2.45) is 0 Å². The second kappa shape index (κ2) is 9.13. The molecule has 0 aliphatic heterocycles. The van der Waals surface area contributed by atoms with E-state index in [1.165, 1.54) is 34.4 Å². The molecule has 0 aliphatic rings. The van der Waals surface area contributed by atoms with E-state index in [1.807, 2.05) is 54.8 Å². The lowest BCUT2D eigenvalue weighted by Crippen LogP contribution is -2.13. The molecule has 9 heteroatoms. The molecule has 0 saturated carbocycles. The molecule has 29 heavy (non-hydrogen) atoms. The fraction of sp³-hybridized carbons (Fsp3) is 0.150. The van der Waals surface area contributed by atoms with Crippen LogP contribution in [0.25, 0.3) is 21.5 Å². The van der Waals surface area contributed by atoms with Crippen molar-refractivity contribution >= 4 is 67.3 Å². The van der Waals surface area contributed by atoms with Gasteiger partial charge in [0.15, 0.2) is 9.47 Å². The van der Waals surface area contributed by atoms with E-state index in [2.05, 4.69) is 15.3 Å². The average molecular weight is 462 g/mol. The van der Waals surface area contributed by atoms with E-state index in [9.17, 15) is 4.79 Å². The minimum atomic E-state index is -0.109. The first-order valence-electron chi connectivity index (χ1n) is 8.78. The molecule has 2 aromatic heterocycles. The maximum Gasteiger partial charge on any atom is 0.236 e. The highest BCUT2D eigenvalue weighted by molar-refractivity contribution is 8.01. The van der Waals surface area contributed by atoms with Gasteiger partial charge in [0.2, 0.25) is 5.91 Å². The van der Waals surface area contributed by atoms with Crippen LogP contribution in [0, 0.1) is 0 Å². The van der Waals surface area contributed by atoms with Gasteiger partial charge >= 0.3 is 0 Å². The van der Waals surface area contributed by atoms with Gasteiger partial charge in [-0.25, -0.2) is 9.97 Å². The lowest BCUT2D eigenvalue weighted by Gasteiger charge is -2.00. The molecule has 148 valence electrons. The highest BCUT2D eigenvalue weighted by atomic mass is 35.5. The Kier molecular flexibility index (Phi) is 6.34. The Morgan fingerprint density at radius 1 is 1.21 bits per heavy atom. The summed E-state index contributed by atoms with van der Waals surface area (Å²) in [5.41, 5.74) is 2.72. The minimum Gasteiger partial charge on any atom is -0.494 e. The van der Waals surface area contributed by atoms with Gasteiger partial charge in [0, 0.05) is 16.0 Å². The molecule has 0 radical (unpaired) electrons. The summed E-state index contributed by atoms with van der Waals surface area (Å²) in [7, 11) is 0. The summed E-state index contributed by atoms with van der Waals surface area (Å²) in [5.74, 6) is 0.966. The number of anilines is 1. The molecule has 0 bridgehead atoms. The largest absolute Gasteiger partial charge is 0.494 e. The Morgan fingerprint density at radius 2 is 2.03 bits per heavy atom. The van der Waals surface area contributed by atoms with Crippen molar-refractivity contribution < 1.29 is 9.53 Å². The Balaban J connectivity index is 1.35. The van der Waals surface area contributed by atoms with Gasteiger partial charge < -0.3 is 10.1 Å². The summed E-state index contributed by atoms with van der Waals surface area (Å²) in [6, 6.07) is 13.3. The molecule has 0 atom stereocenters. The summed E-state index contributed by atoms with van der Waals surface area (Å²) >= 11 is 10.3. The number of thiazole rings is 2. The summed E-state index contributed by atoms with van der Waals surface area (Å²) in [4.78, 5) is 21.4. The number of benzene rings is 2. The van der Waals surface area contributed by atoms with Crippen LogP contribution in [-0.2, 0) is 4.79 Å². The van der Waals surface area contributed by atoms with Crippen LogP contribution >= 0.6 is 46.0 Å². The first-order valence-corrected chi connectivity index (χ1v) is 11.8. The topological polar surface area (TPSA) is 64.1 Å². The fourth-order valence-electron chi connectivity index (χ4n) is 2.57. The third-order valence-electron chi connectivity index (χ3n) is 3.87. The van der Waals surface area contributed by atoms with E-state index in [4.69, 9.17) is 16.3 Å². The quantitative estimate of drug-likeness (QED) is 0.332. The van der Waals surface area contributed by atoms with Crippen LogP contribution in [0.1, 0.15) is 6.92 Å². The number of carbonyl (C=O) groups is 1. The molecule has 0 saturated heterocycles. The highest BCUT2D eigenvalue weighted by Gasteiger charge is 2.11. The summed E-state index contributed by atoms with van der Waals surface area (Å²) in [6.07, 6.45) is 0. The van der Waals surface area contributed by atoms with E-state index in [-0.39, 0.29) is 11.7 Å². The Labute approximate surface area is 185 Å². The van der Waals surface area contributed by atoms with Gasteiger partial charge in [-0.05, 0) is 37.3 Å². The van der Waals surface area contributed by atoms with Crippen LogP contribution in [0.5, 0.6) is 5.75 Å². The van der Waals surface area contributed by atoms with Crippen LogP contribution in [0.4, 0.5) is 5.13 Å². The van der Waals surface area contributed by atoms with Gasteiger partial charge in [-0.15, -0.1) is 11.3 Å². The Hall–Kier alpha value is -2.13. The number of hydrogen-bond donors (Lipinski definition) is 1. The van der Waals surface area contributed by atoms with Gasteiger partial charge in [0.05, 0.1) is 28.3 Å². The number of ether oxygens (including phenoxy) is 1.